The maximum absolute atomic E-state index is 3.72. The predicted octanol–water partition coefficient (Wildman–Crippen LogP) is 7.31. The van der Waals surface area contributed by atoms with Gasteiger partial charge in [-0.2, -0.15) is 0 Å². The summed E-state index contributed by atoms with van der Waals surface area (Å²) in [7, 11) is 0. The Morgan fingerprint density at radius 2 is 1.79 bits per heavy atom. The number of hydrogen-bond acceptors (Lipinski definition) is 1. The molecule has 1 aliphatic rings. The molecule has 3 aromatic carbocycles. The second-order valence-electron chi connectivity index (χ2n) is 7.38. The highest BCUT2D eigenvalue weighted by atomic mass is 15.1. The fourth-order valence-electron chi connectivity index (χ4n) is 3.94. The molecule has 0 bridgehead atoms. The summed E-state index contributed by atoms with van der Waals surface area (Å²) in [6, 6.07) is 26.1. The third-order valence-electron chi connectivity index (χ3n) is 5.52. The van der Waals surface area contributed by atoms with Crippen molar-refractivity contribution in [3.05, 3.63) is 120 Å². The summed E-state index contributed by atoms with van der Waals surface area (Å²) in [5.41, 5.74) is 9.98. The minimum absolute atomic E-state index is 1.02. The Kier molecular flexibility index (Phi) is 5.36. The maximum atomic E-state index is 3.72. The molecule has 3 aromatic rings. The van der Waals surface area contributed by atoms with Gasteiger partial charge < -0.3 is 4.90 Å². The molecule has 0 N–H and O–H groups in total. The van der Waals surface area contributed by atoms with Crippen molar-refractivity contribution in [3.63, 3.8) is 0 Å². The average Bonchev–Trinajstić information content (AvgIpc) is 2.92. The molecule has 1 nitrogen and oxygen atoms in total. The van der Waals surface area contributed by atoms with Gasteiger partial charge in [-0.1, -0.05) is 73.3 Å². The summed E-state index contributed by atoms with van der Waals surface area (Å²) >= 11 is 0. The number of benzene rings is 2. The SMILES string of the molecule is C=C/C=C\C=C(/C)c1ccc(N2c3ccccc3CCc3c(C)c#ccc32)cc1. The summed E-state index contributed by atoms with van der Waals surface area (Å²) in [6.45, 7) is 7.99. The molecule has 142 valence electrons. The Hall–Kier alpha value is -3.50. The molecule has 0 atom stereocenters. The van der Waals surface area contributed by atoms with Gasteiger partial charge in [0.15, 0.2) is 0 Å². The number of hydrogen-bond donors (Lipinski definition) is 0. The van der Waals surface area contributed by atoms with E-state index in [1.54, 1.807) is 6.08 Å². The first-order valence-corrected chi connectivity index (χ1v) is 10.1. The van der Waals surface area contributed by atoms with Gasteiger partial charge in [-0.25, -0.2) is 0 Å². The number of allylic oxidation sites excluding steroid dienone is 5. The quantitative estimate of drug-likeness (QED) is 0.432. The summed E-state index contributed by atoms with van der Waals surface area (Å²) < 4.78 is 0. The summed E-state index contributed by atoms with van der Waals surface area (Å²) in [5.74, 6) is 0. The fourth-order valence-corrected chi connectivity index (χ4v) is 3.94. The molecule has 0 fully saturated rings. The van der Waals surface area contributed by atoms with Gasteiger partial charge in [-0.15, -0.1) is 0 Å². The summed E-state index contributed by atoms with van der Waals surface area (Å²) in [6.07, 6.45) is 9.92. The molecule has 4 rings (SSSR count). The van der Waals surface area contributed by atoms with Crippen LogP contribution in [0.3, 0.4) is 0 Å². The van der Waals surface area contributed by atoms with Crippen molar-refractivity contribution in [2.24, 2.45) is 0 Å². The molecule has 0 spiro atoms. The molecule has 1 heterocycles. The monoisotopic (exact) mass is 375 g/mol. The lowest BCUT2D eigenvalue weighted by molar-refractivity contribution is 0.967. The lowest BCUT2D eigenvalue weighted by Crippen LogP contribution is -2.11. The first kappa shape index (κ1) is 18.8. The minimum Gasteiger partial charge on any atom is -0.309 e. The van der Waals surface area contributed by atoms with Crippen LogP contribution < -0.4 is 4.90 Å². The number of nitrogens with zero attached hydrogens (tertiary/aromatic N) is 1. The van der Waals surface area contributed by atoms with Gasteiger partial charge in [0.05, 0.1) is 5.69 Å². The first-order valence-electron chi connectivity index (χ1n) is 10.1. The van der Waals surface area contributed by atoms with Crippen LogP contribution in [0.5, 0.6) is 0 Å². The molecule has 0 amide bonds. The molecule has 1 heteroatoms. The van der Waals surface area contributed by atoms with Crippen LogP contribution in [0.15, 0.2) is 85.5 Å². The van der Waals surface area contributed by atoms with Crippen molar-refractivity contribution in [3.8, 4) is 0 Å². The highest BCUT2D eigenvalue weighted by molar-refractivity contribution is 5.82. The maximum Gasteiger partial charge on any atom is 0.0586 e. The van der Waals surface area contributed by atoms with E-state index in [0.29, 0.717) is 0 Å². The fraction of sp³-hybridized carbons (Fsp3) is 0.143. The number of fused-ring (bicyclic) bond motifs is 2. The Balaban J connectivity index is 1.80. The highest BCUT2D eigenvalue weighted by Crippen LogP contribution is 2.42. The number of rotatable bonds is 4. The van der Waals surface area contributed by atoms with E-state index in [0.717, 1.165) is 18.5 Å². The van der Waals surface area contributed by atoms with E-state index >= 15 is 0 Å². The smallest absolute Gasteiger partial charge is 0.0586 e. The van der Waals surface area contributed by atoms with E-state index in [2.05, 4.69) is 98.1 Å². The molecule has 29 heavy (non-hydrogen) atoms. The van der Waals surface area contributed by atoms with Gasteiger partial charge in [0.25, 0.3) is 0 Å². The van der Waals surface area contributed by atoms with Crippen LogP contribution in [0.25, 0.3) is 5.57 Å². The Labute approximate surface area is 174 Å². The molecule has 0 aliphatic carbocycles. The van der Waals surface area contributed by atoms with Crippen LogP contribution in [-0.4, -0.2) is 0 Å². The average molecular weight is 376 g/mol. The van der Waals surface area contributed by atoms with Crippen molar-refractivity contribution in [1.29, 1.82) is 0 Å². The van der Waals surface area contributed by atoms with Crippen LogP contribution >= 0.6 is 0 Å². The van der Waals surface area contributed by atoms with Crippen molar-refractivity contribution in [2.45, 2.75) is 26.7 Å². The van der Waals surface area contributed by atoms with E-state index in [9.17, 15) is 0 Å². The van der Waals surface area contributed by atoms with E-state index in [1.807, 2.05) is 12.2 Å². The van der Waals surface area contributed by atoms with Gasteiger partial charge in [-0.05, 0) is 67.2 Å². The summed E-state index contributed by atoms with van der Waals surface area (Å²) in [5, 5.41) is 0. The van der Waals surface area contributed by atoms with Crippen LogP contribution in [-0.2, 0) is 12.8 Å². The third-order valence-corrected chi connectivity index (χ3v) is 5.52. The second-order valence-corrected chi connectivity index (χ2v) is 7.38. The van der Waals surface area contributed by atoms with Gasteiger partial charge >= 0.3 is 0 Å². The number of aryl methyl sites for hydroxylation is 1. The number of anilines is 3. The van der Waals surface area contributed by atoms with Crippen molar-refractivity contribution in [2.75, 3.05) is 4.90 Å². The topological polar surface area (TPSA) is 3.24 Å². The van der Waals surface area contributed by atoms with E-state index in [-0.39, 0.29) is 0 Å². The molecule has 0 saturated heterocycles. The second kappa shape index (κ2) is 8.25. The van der Waals surface area contributed by atoms with Crippen molar-refractivity contribution >= 4 is 22.6 Å². The minimum atomic E-state index is 1.02. The largest absolute Gasteiger partial charge is 0.309 e. The van der Waals surface area contributed by atoms with Crippen LogP contribution in [0.1, 0.15) is 29.2 Å². The zero-order chi connectivity index (χ0) is 20.2. The Morgan fingerprint density at radius 1 is 1.00 bits per heavy atom. The third kappa shape index (κ3) is 3.75. The van der Waals surface area contributed by atoms with Gasteiger partial charge in [0, 0.05) is 23.0 Å². The zero-order valence-electron chi connectivity index (χ0n) is 17.1. The highest BCUT2D eigenvalue weighted by Gasteiger charge is 2.22. The van der Waals surface area contributed by atoms with Gasteiger partial charge in [0.1, 0.15) is 0 Å². The van der Waals surface area contributed by atoms with Gasteiger partial charge in [-0.3, -0.25) is 0 Å². The number of para-hydroxylation sites is 1. The molecule has 0 radical (unpaired) electrons. The molecule has 0 aromatic heterocycles. The Morgan fingerprint density at radius 3 is 2.59 bits per heavy atom. The van der Waals surface area contributed by atoms with E-state index in [4.69, 9.17) is 0 Å². The molecular formula is C28H25N. The molecule has 0 unspecified atom stereocenters. The zero-order valence-corrected chi connectivity index (χ0v) is 17.1. The molecule has 1 aliphatic heterocycles. The normalized spacial score (nSPS) is 13.4. The lowest BCUT2D eigenvalue weighted by atomic mass is 10.0. The van der Waals surface area contributed by atoms with Crippen LogP contribution in [0.2, 0.25) is 0 Å². The van der Waals surface area contributed by atoms with Crippen LogP contribution in [0, 0.1) is 19.1 Å². The summed E-state index contributed by atoms with van der Waals surface area (Å²) in [4.78, 5) is 2.37. The van der Waals surface area contributed by atoms with E-state index in [1.165, 1.54) is 39.2 Å². The molecule has 0 saturated carbocycles. The van der Waals surface area contributed by atoms with Gasteiger partial charge in [0.2, 0.25) is 0 Å². The Bertz CT molecular complexity index is 1080. The first-order chi connectivity index (χ1) is 14.2. The van der Waals surface area contributed by atoms with Crippen molar-refractivity contribution in [1.82, 2.24) is 0 Å². The lowest BCUT2D eigenvalue weighted by Gasteiger charge is -2.27. The van der Waals surface area contributed by atoms with Crippen LogP contribution in [0.4, 0.5) is 17.1 Å². The van der Waals surface area contributed by atoms with E-state index < -0.39 is 0 Å². The van der Waals surface area contributed by atoms with Crippen molar-refractivity contribution < 1.29 is 0 Å². The molecular weight excluding hydrogens is 350 g/mol. The predicted molar refractivity (Wildman–Crippen MR) is 124 cm³/mol. The standard InChI is InChI=1S/C28H25N/c1-4-5-6-10-21(2)23-15-18-25(19-16-23)29-27-13-8-7-12-24(27)17-20-26-22(3)11-9-14-28(26)29/h4-8,10,12-16,18-19H,1,17,20H2,2-3H3/b6-5-,21-10+.